The fraction of sp³-hybridized carbons (Fsp3) is 0.156. The van der Waals surface area contributed by atoms with Crippen molar-refractivity contribution in [2.24, 2.45) is 16.8 Å². The molecule has 36 heavy (non-hydrogen) atoms. The third-order valence-corrected chi connectivity index (χ3v) is 8.15. The fourth-order valence-electron chi connectivity index (χ4n) is 6.69. The number of amides is 2. The molecule has 1 heterocycles. The summed E-state index contributed by atoms with van der Waals surface area (Å²) in [5.74, 6) is -1.48. The van der Waals surface area contributed by atoms with Gasteiger partial charge in [-0.25, -0.2) is 4.90 Å². The number of carbonyl (C=O) groups is 2. The summed E-state index contributed by atoms with van der Waals surface area (Å²) in [4.78, 5) is 34.7. The van der Waals surface area contributed by atoms with Crippen molar-refractivity contribution in [3.8, 4) is 0 Å². The second-order valence-corrected chi connectivity index (χ2v) is 9.97. The summed E-state index contributed by atoms with van der Waals surface area (Å²) in [6.45, 7) is 2.05. The molecule has 4 heteroatoms. The van der Waals surface area contributed by atoms with Gasteiger partial charge >= 0.3 is 0 Å². The molecule has 4 aliphatic rings. The van der Waals surface area contributed by atoms with Crippen LogP contribution in [0.3, 0.4) is 0 Å². The summed E-state index contributed by atoms with van der Waals surface area (Å²) in [7, 11) is 0. The molecule has 0 unspecified atom stereocenters. The van der Waals surface area contributed by atoms with Gasteiger partial charge in [-0.2, -0.15) is 0 Å². The Morgan fingerprint density at radius 3 is 1.94 bits per heavy atom. The van der Waals surface area contributed by atoms with Gasteiger partial charge in [0, 0.05) is 12.1 Å². The molecule has 174 valence electrons. The molecule has 2 amide bonds. The first-order valence-corrected chi connectivity index (χ1v) is 12.3. The summed E-state index contributed by atoms with van der Waals surface area (Å²) >= 11 is 0. The topological polar surface area (TPSA) is 49.7 Å². The Hall–Kier alpha value is -4.31. The quantitative estimate of drug-likeness (QED) is 0.276. The molecule has 3 aliphatic carbocycles. The van der Waals surface area contributed by atoms with E-state index in [0.717, 1.165) is 33.5 Å². The minimum Gasteiger partial charge on any atom is -0.274 e. The number of rotatable bonds is 3. The number of carbonyl (C=O) groups excluding carboxylic acids is 2. The van der Waals surface area contributed by atoms with Crippen LogP contribution in [-0.4, -0.2) is 18.0 Å². The molecule has 0 spiro atoms. The molecule has 2 bridgehead atoms. The molecule has 1 fully saturated rings. The van der Waals surface area contributed by atoms with Crippen LogP contribution in [0.25, 0.3) is 0 Å². The van der Waals surface area contributed by atoms with Crippen LogP contribution in [0.5, 0.6) is 0 Å². The summed E-state index contributed by atoms with van der Waals surface area (Å²) in [6, 6.07) is 33.9. The Labute approximate surface area is 209 Å². The number of imide groups is 1. The van der Waals surface area contributed by atoms with Crippen molar-refractivity contribution < 1.29 is 9.59 Å². The van der Waals surface area contributed by atoms with Crippen LogP contribution in [0.1, 0.15) is 33.7 Å². The highest BCUT2D eigenvalue weighted by molar-refractivity contribution is 6.25. The number of aryl methyl sites for hydroxylation is 1. The van der Waals surface area contributed by atoms with Gasteiger partial charge < -0.3 is 0 Å². The van der Waals surface area contributed by atoms with Gasteiger partial charge in [-0.3, -0.25) is 14.6 Å². The monoisotopic (exact) mass is 468 g/mol. The number of benzene rings is 4. The Morgan fingerprint density at radius 1 is 0.722 bits per heavy atom. The molecule has 1 saturated heterocycles. The maximum Gasteiger partial charge on any atom is 0.239 e. The average molecular weight is 469 g/mol. The minimum atomic E-state index is -0.840. The SMILES string of the molecule is Cc1ccc(N=CC23c4ccccc4C(c4ccccc42)[C@@H]2C(=O)N(c4ccccc4)C(=O)[C@H]23)cc1. The van der Waals surface area contributed by atoms with E-state index in [1.54, 1.807) is 0 Å². The zero-order valence-electron chi connectivity index (χ0n) is 19.8. The van der Waals surface area contributed by atoms with E-state index < -0.39 is 17.3 Å². The van der Waals surface area contributed by atoms with E-state index >= 15 is 0 Å². The minimum absolute atomic E-state index is 0.127. The third kappa shape index (κ3) is 2.67. The van der Waals surface area contributed by atoms with Crippen molar-refractivity contribution in [1.29, 1.82) is 0 Å². The van der Waals surface area contributed by atoms with E-state index in [2.05, 4.69) is 24.3 Å². The second-order valence-electron chi connectivity index (χ2n) is 9.97. The Kier molecular flexibility index (Phi) is 4.43. The molecule has 8 rings (SSSR count). The molecule has 0 radical (unpaired) electrons. The van der Waals surface area contributed by atoms with Crippen molar-refractivity contribution in [1.82, 2.24) is 0 Å². The van der Waals surface area contributed by atoms with E-state index in [0.29, 0.717) is 5.69 Å². The molecular weight excluding hydrogens is 444 g/mol. The van der Waals surface area contributed by atoms with Crippen LogP contribution in [0.2, 0.25) is 0 Å². The highest BCUT2D eigenvalue weighted by atomic mass is 16.2. The molecule has 4 nitrogen and oxygen atoms in total. The maximum absolute atomic E-state index is 14.3. The van der Waals surface area contributed by atoms with Gasteiger partial charge in [0.1, 0.15) is 0 Å². The van der Waals surface area contributed by atoms with Crippen molar-refractivity contribution >= 4 is 29.4 Å². The van der Waals surface area contributed by atoms with E-state index in [9.17, 15) is 9.59 Å². The predicted octanol–water partition coefficient (Wildman–Crippen LogP) is 5.95. The summed E-state index contributed by atoms with van der Waals surface area (Å²) < 4.78 is 0. The van der Waals surface area contributed by atoms with Crippen molar-refractivity contribution in [3.63, 3.8) is 0 Å². The molecule has 0 aromatic heterocycles. The summed E-state index contributed by atoms with van der Waals surface area (Å²) in [6.07, 6.45) is 1.95. The normalized spacial score (nSPS) is 25.7. The van der Waals surface area contributed by atoms with Crippen molar-refractivity contribution in [2.45, 2.75) is 18.3 Å². The zero-order chi connectivity index (χ0) is 24.4. The number of para-hydroxylation sites is 1. The van der Waals surface area contributed by atoms with E-state index in [4.69, 9.17) is 4.99 Å². The highest BCUT2D eigenvalue weighted by Crippen LogP contribution is 2.63. The standard InChI is InChI=1S/C32H24N2O2/c1-20-15-17-21(18-16-20)33-19-32-25-13-7-5-11-23(25)27(24-12-6-8-14-26(24)32)28-29(32)31(36)34(30(28)35)22-9-3-2-4-10-22/h2-19,27-29H,1H3/t27?,28-,29-,32?/m0/s1. The largest absolute Gasteiger partial charge is 0.274 e. The van der Waals surface area contributed by atoms with Gasteiger partial charge in [0.15, 0.2) is 0 Å². The van der Waals surface area contributed by atoms with Gasteiger partial charge in [-0.15, -0.1) is 0 Å². The first kappa shape index (κ1) is 21.0. The Bertz CT molecular complexity index is 1510. The number of hydrogen-bond donors (Lipinski definition) is 0. The van der Waals surface area contributed by atoms with E-state index in [-0.39, 0.29) is 17.7 Å². The molecular formula is C32H24N2O2. The summed E-state index contributed by atoms with van der Waals surface area (Å²) in [5.41, 5.74) is 6.15. The van der Waals surface area contributed by atoms with E-state index in [1.807, 2.05) is 92.0 Å². The number of hydrogen-bond acceptors (Lipinski definition) is 3. The van der Waals surface area contributed by atoms with Gasteiger partial charge in [-0.1, -0.05) is 84.4 Å². The molecule has 0 saturated carbocycles. The van der Waals surface area contributed by atoms with Crippen molar-refractivity contribution in [2.75, 3.05) is 4.90 Å². The third-order valence-electron chi connectivity index (χ3n) is 8.15. The van der Waals surface area contributed by atoms with Crippen LogP contribution in [-0.2, 0) is 15.0 Å². The number of anilines is 1. The summed E-state index contributed by atoms with van der Waals surface area (Å²) in [5, 5.41) is 0. The lowest BCUT2D eigenvalue weighted by atomic mass is 9.47. The fourth-order valence-corrected chi connectivity index (χ4v) is 6.69. The van der Waals surface area contributed by atoms with Crippen LogP contribution in [0.15, 0.2) is 108 Å². The Balaban J connectivity index is 1.51. The molecule has 0 N–H and O–H groups in total. The highest BCUT2D eigenvalue weighted by Gasteiger charge is 2.67. The maximum atomic E-state index is 14.3. The first-order chi connectivity index (χ1) is 17.6. The lowest BCUT2D eigenvalue weighted by Crippen LogP contribution is -2.54. The number of aliphatic imine (C=N–C) groups is 1. The van der Waals surface area contributed by atoms with Crippen molar-refractivity contribution in [3.05, 3.63) is 131 Å². The smallest absolute Gasteiger partial charge is 0.239 e. The van der Waals surface area contributed by atoms with Gasteiger partial charge in [0.05, 0.1) is 28.6 Å². The Morgan fingerprint density at radius 2 is 1.31 bits per heavy atom. The molecule has 4 aromatic carbocycles. The van der Waals surface area contributed by atoms with Gasteiger partial charge in [0.2, 0.25) is 11.8 Å². The second kappa shape index (κ2) is 7.59. The lowest BCUT2D eigenvalue weighted by Gasteiger charge is -2.52. The van der Waals surface area contributed by atoms with Crippen LogP contribution in [0, 0.1) is 18.8 Å². The molecule has 4 aromatic rings. The first-order valence-electron chi connectivity index (χ1n) is 12.3. The van der Waals surface area contributed by atoms with Gasteiger partial charge in [0.25, 0.3) is 0 Å². The number of nitrogens with zero attached hydrogens (tertiary/aromatic N) is 2. The van der Waals surface area contributed by atoms with E-state index in [1.165, 1.54) is 4.90 Å². The van der Waals surface area contributed by atoms with Crippen LogP contribution in [0.4, 0.5) is 11.4 Å². The van der Waals surface area contributed by atoms with Crippen LogP contribution >= 0.6 is 0 Å². The predicted molar refractivity (Wildman–Crippen MR) is 141 cm³/mol. The zero-order valence-corrected chi connectivity index (χ0v) is 19.8. The molecule has 1 aliphatic heterocycles. The lowest BCUT2D eigenvalue weighted by molar-refractivity contribution is -0.122. The average Bonchev–Trinajstić information content (AvgIpc) is 3.20. The molecule has 2 atom stereocenters. The van der Waals surface area contributed by atoms with Crippen LogP contribution < -0.4 is 4.90 Å². The van der Waals surface area contributed by atoms with Gasteiger partial charge in [-0.05, 0) is 53.4 Å².